The fourth-order valence-corrected chi connectivity index (χ4v) is 2.34. The molecular formula is C12H11NO2. The van der Waals surface area contributed by atoms with Gasteiger partial charge in [0.2, 0.25) is 5.60 Å². The van der Waals surface area contributed by atoms with Crippen molar-refractivity contribution in [3.8, 4) is 0 Å². The summed E-state index contributed by atoms with van der Waals surface area (Å²) >= 11 is 0. The van der Waals surface area contributed by atoms with E-state index in [9.17, 15) is 4.79 Å². The van der Waals surface area contributed by atoms with Crippen molar-refractivity contribution in [3.05, 3.63) is 42.2 Å². The van der Waals surface area contributed by atoms with E-state index < -0.39 is 5.60 Å². The van der Waals surface area contributed by atoms with Gasteiger partial charge in [0, 0.05) is 19.0 Å². The molecule has 0 aromatic heterocycles. The second-order valence-electron chi connectivity index (χ2n) is 3.90. The van der Waals surface area contributed by atoms with Crippen LogP contribution < -0.4 is 4.90 Å². The Kier molecular flexibility index (Phi) is 1.49. The van der Waals surface area contributed by atoms with Crippen LogP contribution in [0.4, 0.5) is 5.69 Å². The molecule has 1 aromatic rings. The number of hydrogen-bond acceptors (Lipinski definition) is 2. The normalized spacial score (nSPS) is 27.3. The van der Waals surface area contributed by atoms with Crippen molar-refractivity contribution in [2.24, 2.45) is 0 Å². The molecule has 0 saturated heterocycles. The van der Waals surface area contributed by atoms with Crippen LogP contribution in [-0.2, 0) is 15.1 Å². The first-order valence-electron chi connectivity index (χ1n) is 4.96. The summed E-state index contributed by atoms with van der Waals surface area (Å²) in [5.74, 6) is 0.0219. The number of likely N-dealkylation sites (N-methyl/N-ethyl adjacent to an activating group) is 1. The fraction of sp³-hybridized carbons (Fsp3) is 0.250. The Balaban J connectivity index is 2.23. The zero-order chi connectivity index (χ0) is 10.5. The summed E-state index contributed by atoms with van der Waals surface area (Å²) < 4.78 is 5.54. The van der Waals surface area contributed by atoms with Crippen LogP contribution in [0.3, 0.4) is 0 Å². The van der Waals surface area contributed by atoms with Gasteiger partial charge in [0.05, 0.1) is 11.9 Å². The van der Waals surface area contributed by atoms with Gasteiger partial charge in [0.25, 0.3) is 5.91 Å². The number of fused-ring (bicyclic) bond motifs is 2. The van der Waals surface area contributed by atoms with Crippen LogP contribution in [0.1, 0.15) is 12.0 Å². The first-order valence-corrected chi connectivity index (χ1v) is 4.96. The third-order valence-electron chi connectivity index (χ3n) is 3.12. The van der Waals surface area contributed by atoms with Crippen LogP contribution in [-0.4, -0.2) is 13.0 Å². The summed E-state index contributed by atoms with van der Waals surface area (Å²) in [6, 6.07) is 7.78. The largest absolute Gasteiger partial charge is 0.480 e. The average molecular weight is 201 g/mol. The van der Waals surface area contributed by atoms with E-state index in [1.54, 1.807) is 18.2 Å². The number of hydrogen-bond donors (Lipinski definition) is 0. The lowest BCUT2D eigenvalue weighted by molar-refractivity contribution is -0.134. The number of para-hydroxylation sites is 1. The van der Waals surface area contributed by atoms with Crippen molar-refractivity contribution in [1.82, 2.24) is 0 Å². The Hall–Kier alpha value is -1.77. The maximum Gasteiger partial charge on any atom is 0.276 e. The van der Waals surface area contributed by atoms with Crippen molar-refractivity contribution in [3.63, 3.8) is 0 Å². The molecule has 15 heavy (non-hydrogen) atoms. The van der Waals surface area contributed by atoms with E-state index in [0.717, 1.165) is 11.3 Å². The Morgan fingerprint density at radius 1 is 1.40 bits per heavy atom. The molecular weight excluding hydrogens is 190 g/mol. The number of ether oxygens (including phenoxy) is 1. The van der Waals surface area contributed by atoms with Gasteiger partial charge in [-0.1, -0.05) is 18.2 Å². The number of carbonyl (C=O) groups excluding carboxylic acids is 1. The highest BCUT2D eigenvalue weighted by Crippen LogP contribution is 2.46. The minimum Gasteiger partial charge on any atom is -0.480 e. The van der Waals surface area contributed by atoms with Gasteiger partial charge in [-0.15, -0.1) is 0 Å². The molecule has 0 N–H and O–H groups in total. The molecule has 1 spiro atoms. The van der Waals surface area contributed by atoms with E-state index in [1.165, 1.54) is 0 Å². The first-order chi connectivity index (χ1) is 7.26. The average Bonchev–Trinajstić information content (AvgIpc) is 2.83. The van der Waals surface area contributed by atoms with Crippen LogP contribution >= 0.6 is 0 Å². The standard InChI is InChI=1S/C12H11NO2/c1-13-10-6-3-2-5-9(10)12(11(13)14)7-4-8-15-12/h2-6,8H,7H2,1H3/t12-/m1/s1. The molecule has 2 aliphatic heterocycles. The number of nitrogens with zero attached hydrogens (tertiary/aromatic N) is 1. The number of anilines is 1. The van der Waals surface area contributed by atoms with Crippen LogP contribution in [0.2, 0.25) is 0 Å². The summed E-state index contributed by atoms with van der Waals surface area (Å²) in [4.78, 5) is 13.8. The molecule has 1 amide bonds. The van der Waals surface area contributed by atoms with E-state index in [2.05, 4.69) is 0 Å². The fourth-order valence-electron chi connectivity index (χ4n) is 2.34. The molecule has 0 unspecified atom stereocenters. The molecule has 3 rings (SSSR count). The van der Waals surface area contributed by atoms with Gasteiger partial charge in [-0.05, 0) is 12.1 Å². The first kappa shape index (κ1) is 8.53. The van der Waals surface area contributed by atoms with E-state index in [4.69, 9.17) is 4.74 Å². The lowest BCUT2D eigenvalue weighted by Gasteiger charge is -2.21. The molecule has 1 atom stereocenters. The van der Waals surface area contributed by atoms with Crippen molar-refractivity contribution in [2.45, 2.75) is 12.0 Å². The molecule has 2 heterocycles. The maximum atomic E-state index is 12.1. The Morgan fingerprint density at radius 2 is 2.20 bits per heavy atom. The highest BCUT2D eigenvalue weighted by molar-refractivity contribution is 6.07. The number of benzene rings is 1. The third-order valence-corrected chi connectivity index (χ3v) is 3.12. The zero-order valence-corrected chi connectivity index (χ0v) is 8.43. The Morgan fingerprint density at radius 3 is 2.93 bits per heavy atom. The summed E-state index contributed by atoms with van der Waals surface area (Å²) in [7, 11) is 1.79. The SMILES string of the molecule is CN1C(=O)[C@@]2(CC=CO2)c2ccccc21. The Bertz CT molecular complexity index is 456. The number of amides is 1. The number of carbonyl (C=O) groups is 1. The van der Waals surface area contributed by atoms with Crippen LogP contribution in [0.15, 0.2) is 36.6 Å². The lowest BCUT2D eigenvalue weighted by atomic mass is 9.93. The van der Waals surface area contributed by atoms with Gasteiger partial charge < -0.3 is 9.64 Å². The predicted molar refractivity (Wildman–Crippen MR) is 56.4 cm³/mol. The highest BCUT2D eigenvalue weighted by Gasteiger charge is 2.52. The summed E-state index contributed by atoms with van der Waals surface area (Å²) in [5.41, 5.74) is 1.15. The minimum absolute atomic E-state index is 0.0219. The van der Waals surface area contributed by atoms with Gasteiger partial charge in [-0.25, -0.2) is 0 Å². The molecule has 0 saturated carbocycles. The van der Waals surface area contributed by atoms with E-state index in [0.29, 0.717) is 6.42 Å². The maximum absolute atomic E-state index is 12.1. The van der Waals surface area contributed by atoms with E-state index >= 15 is 0 Å². The zero-order valence-electron chi connectivity index (χ0n) is 8.43. The second-order valence-corrected chi connectivity index (χ2v) is 3.90. The summed E-state index contributed by atoms with van der Waals surface area (Å²) in [5, 5.41) is 0. The van der Waals surface area contributed by atoms with Crippen molar-refractivity contribution < 1.29 is 9.53 Å². The van der Waals surface area contributed by atoms with Crippen LogP contribution in [0.25, 0.3) is 0 Å². The van der Waals surface area contributed by atoms with Crippen LogP contribution in [0, 0.1) is 0 Å². The van der Waals surface area contributed by atoms with Gasteiger partial charge in [-0.3, -0.25) is 4.79 Å². The Labute approximate surface area is 88.0 Å². The van der Waals surface area contributed by atoms with Crippen molar-refractivity contribution in [1.29, 1.82) is 0 Å². The van der Waals surface area contributed by atoms with Gasteiger partial charge in [0.1, 0.15) is 0 Å². The molecule has 3 heteroatoms. The molecule has 76 valence electrons. The van der Waals surface area contributed by atoms with Gasteiger partial charge in [-0.2, -0.15) is 0 Å². The van der Waals surface area contributed by atoms with E-state index in [-0.39, 0.29) is 5.91 Å². The molecule has 2 aliphatic rings. The highest BCUT2D eigenvalue weighted by atomic mass is 16.5. The topological polar surface area (TPSA) is 29.5 Å². The minimum atomic E-state index is -0.772. The third kappa shape index (κ3) is 0.876. The monoisotopic (exact) mass is 201 g/mol. The van der Waals surface area contributed by atoms with E-state index in [1.807, 2.05) is 30.3 Å². The summed E-state index contributed by atoms with van der Waals surface area (Å²) in [6.45, 7) is 0. The lowest BCUT2D eigenvalue weighted by Crippen LogP contribution is -2.37. The molecule has 0 aliphatic carbocycles. The molecule has 1 aromatic carbocycles. The quantitative estimate of drug-likeness (QED) is 0.640. The van der Waals surface area contributed by atoms with Crippen molar-refractivity contribution in [2.75, 3.05) is 11.9 Å². The smallest absolute Gasteiger partial charge is 0.276 e. The van der Waals surface area contributed by atoms with Crippen molar-refractivity contribution >= 4 is 11.6 Å². The predicted octanol–water partition coefficient (Wildman–Crippen LogP) is 1.79. The molecule has 3 nitrogen and oxygen atoms in total. The van der Waals surface area contributed by atoms with Gasteiger partial charge >= 0.3 is 0 Å². The second kappa shape index (κ2) is 2.63. The molecule has 0 bridgehead atoms. The molecule has 0 radical (unpaired) electrons. The van der Waals surface area contributed by atoms with Gasteiger partial charge in [0.15, 0.2) is 0 Å². The van der Waals surface area contributed by atoms with Crippen LogP contribution in [0.5, 0.6) is 0 Å². The number of rotatable bonds is 0. The summed E-state index contributed by atoms with van der Waals surface area (Å²) in [6.07, 6.45) is 4.15. The molecule has 0 fully saturated rings.